The summed E-state index contributed by atoms with van der Waals surface area (Å²) < 4.78 is 2.22. The number of nitrogens with one attached hydrogen (secondary N) is 1. The number of aromatic nitrogens is 3. The third kappa shape index (κ3) is 4.19. The maximum absolute atomic E-state index is 12.0. The van der Waals surface area contributed by atoms with Gasteiger partial charge in [0.15, 0.2) is 5.66 Å². The number of hydrogen-bond donors (Lipinski definition) is 1. The number of fused-ring (bicyclic) bond motifs is 1. The van der Waals surface area contributed by atoms with Gasteiger partial charge in [0.2, 0.25) is 5.91 Å². The first-order valence-corrected chi connectivity index (χ1v) is 8.78. The first-order valence-electron chi connectivity index (χ1n) is 8.78. The first kappa shape index (κ1) is 16.6. The molecule has 7 nitrogen and oxygen atoms in total. The van der Waals surface area contributed by atoms with Crippen LogP contribution in [0.25, 0.3) is 0 Å². The molecule has 2 aliphatic rings. The van der Waals surface area contributed by atoms with Crippen molar-refractivity contribution in [2.45, 2.75) is 70.0 Å². The quantitative estimate of drug-likeness (QED) is 0.741. The number of rotatable bonds is 8. The molecule has 1 amide bonds. The first-order chi connectivity index (χ1) is 11.7. The van der Waals surface area contributed by atoms with E-state index in [0.717, 1.165) is 37.5 Å². The highest BCUT2D eigenvalue weighted by Gasteiger charge is 2.39. The molecule has 7 heteroatoms. The maximum atomic E-state index is 12.0. The Bertz CT molecular complexity index is 651. The maximum Gasteiger partial charge on any atom is 0.220 e. The SMILES string of the molecule is C#CCCC1(CCC(=O)NCCc2nnc3n2CCCCC3)N=N1. The zero-order valence-electron chi connectivity index (χ0n) is 14.0. The van der Waals surface area contributed by atoms with Gasteiger partial charge in [-0.25, -0.2) is 0 Å². The second-order valence-electron chi connectivity index (χ2n) is 6.48. The molecule has 0 saturated heterocycles. The fraction of sp³-hybridized carbons (Fsp3) is 0.706. The number of hydrogen-bond acceptors (Lipinski definition) is 5. The summed E-state index contributed by atoms with van der Waals surface area (Å²) in [6.45, 7) is 1.58. The van der Waals surface area contributed by atoms with E-state index < -0.39 is 0 Å². The molecule has 0 aliphatic carbocycles. The molecule has 3 rings (SSSR count). The van der Waals surface area contributed by atoms with Gasteiger partial charge in [-0.1, -0.05) is 6.42 Å². The fourth-order valence-corrected chi connectivity index (χ4v) is 3.11. The Kier molecular flexibility index (Phi) is 5.24. The number of carbonyl (C=O) groups is 1. The molecule has 3 heterocycles. The minimum atomic E-state index is -0.381. The monoisotopic (exact) mass is 328 g/mol. The molecule has 0 radical (unpaired) electrons. The van der Waals surface area contributed by atoms with Crippen LogP contribution >= 0.6 is 0 Å². The molecule has 0 spiro atoms. The summed E-state index contributed by atoms with van der Waals surface area (Å²) >= 11 is 0. The Balaban J connectivity index is 1.38. The minimum absolute atomic E-state index is 0.0305. The van der Waals surface area contributed by atoms with Gasteiger partial charge >= 0.3 is 0 Å². The lowest BCUT2D eigenvalue weighted by Gasteiger charge is -2.10. The highest BCUT2D eigenvalue weighted by atomic mass is 16.1. The predicted molar refractivity (Wildman–Crippen MR) is 89.2 cm³/mol. The minimum Gasteiger partial charge on any atom is -0.356 e. The van der Waals surface area contributed by atoms with Gasteiger partial charge in [0.05, 0.1) is 0 Å². The summed E-state index contributed by atoms with van der Waals surface area (Å²) in [5.41, 5.74) is -0.381. The highest BCUT2D eigenvalue weighted by Crippen LogP contribution is 2.37. The molecular formula is C17H24N6O. The average molecular weight is 328 g/mol. The Hall–Kier alpha value is -2.23. The van der Waals surface area contributed by atoms with Crippen LogP contribution in [0, 0.1) is 12.3 Å². The lowest BCUT2D eigenvalue weighted by Crippen LogP contribution is -2.28. The third-order valence-corrected chi connectivity index (χ3v) is 4.66. The van der Waals surface area contributed by atoms with Crippen LogP contribution in [0.3, 0.4) is 0 Å². The van der Waals surface area contributed by atoms with E-state index in [0.29, 0.717) is 25.8 Å². The summed E-state index contributed by atoms with van der Waals surface area (Å²) in [6, 6.07) is 0. The average Bonchev–Trinajstić information content (AvgIpc) is 3.32. The van der Waals surface area contributed by atoms with Crippen molar-refractivity contribution >= 4 is 5.91 Å². The summed E-state index contributed by atoms with van der Waals surface area (Å²) in [5.74, 6) is 4.69. The van der Waals surface area contributed by atoms with Crippen molar-refractivity contribution in [3.63, 3.8) is 0 Å². The fourth-order valence-electron chi connectivity index (χ4n) is 3.11. The molecular weight excluding hydrogens is 304 g/mol. The van der Waals surface area contributed by atoms with Crippen LogP contribution < -0.4 is 5.32 Å². The largest absolute Gasteiger partial charge is 0.356 e. The number of amides is 1. The van der Waals surface area contributed by atoms with Crippen LogP contribution in [0.5, 0.6) is 0 Å². The molecule has 2 aliphatic heterocycles. The van der Waals surface area contributed by atoms with E-state index in [1.165, 1.54) is 19.3 Å². The van der Waals surface area contributed by atoms with Crippen molar-refractivity contribution in [3.8, 4) is 12.3 Å². The Morgan fingerprint density at radius 3 is 2.92 bits per heavy atom. The molecule has 0 fully saturated rings. The Morgan fingerprint density at radius 2 is 2.12 bits per heavy atom. The van der Waals surface area contributed by atoms with E-state index >= 15 is 0 Å². The van der Waals surface area contributed by atoms with Crippen molar-refractivity contribution in [2.24, 2.45) is 10.2 Å². The van der Waals surface area contributed by atoms with E-state index in [1.807, 2.05) is 0 Å². The Labute approximate surface area is 142 Å². The van der Waals surface area contributed by atoms with E-state index in [9.17, 15) is 4.79 Å². The van der Waals surface area contributed by atoms with Gasteiger partial charge in [-0.2, -0.15) is 10.2 Å². The van der Waals surface area contributed by atoms with Crippen LogP contribution in [0.4, 0.5) is 0 Å². The van der Waals surface area contributed by atoms with Crippen molar-refractivity contribution in [3.05, 3.63) is 11.6 Å². The van der Waals surface area contributed by atoms with Crippen molar-refractivity contribution in [2.75, 3.05) is 6.54 Å². The van der Waals surface area contributed by atoms with Crippen LogP contribution in [0.2, 0.25) is 0 Å². The summed E-state index contributed by atoms with van der Waals surface area (Å²) in [7, 11) is 0. The summed E-state index contributed by atoms with van der Waals surface area (Å²) in [5, 5.41) is 19.6. The lowest BCUT2D eigenvalue weighted by molar-refractivity contribution is -0.121. The van der Waals surface area contributed by atoms with Crippen molar-refractivity contribution in [1.29, 1.82) is 0 Å². The highest BCUT2D eigenvalue weighted by molar-refractivity contribution is 5.75. The van der Waals surface area contributed by atoms with Gasteiger partial charge in [0.25, 0.3) is 0 Å². The summed E-state index contributed by atoms with van der Waals surface area (Å²) in [6.07, 6.45) is 13.0. The van der Waals surface area contributed by atoms with Gasteiger partial charge in [-0.05, 0) is 12.8 Å². The molecule has 1 aromatic rings. The molecule has 0 atom stereocenters. The van der Waals surface area contributed by atoms with E-state index in [2.05, 4.69) is 36.2 Å². The van der Waals surface area contributed by atoms with Crippen LogP contribution in [-0.4, -0.2) is 32.9 Å². The van der Waals surface area contributed by atoms with E-state index in [-0.39, 0.29) is 11.6 Å². The number of carbonyl (C=O) groups excluding carboxylic acids is 1. The van der Waals surface area contributed by atoms with Gasteiger partial charge in [0, 0.05) is 51.6 Å². The van der Waals surface area contributed by atoms with Crippen LogP contribution in [0.15, 0.2) is 10.2 Å². The predicted octanol–water partition coefficient (Wildman–Crippen LogP) is 2.02. The molecule has 0 saturated carbocycles. The van der Waals surface area contributed by atoms with Gasteiger partial charge < -0.3 is 9.88 Å². The van der Waals surface area contributed by atoms with E-state index in [4.69, 9.17) is 6.42 Å². The molecule has 128 valence electrons. The molecule has 1 N–H and O–H groups in total. The second kappa shape index (κ2) is 7.56. The number of nitrogens with zero attached hydrogens (tertiary/aromatic N) is 5. The van der Waals surface area contributed by atoms with Crippen LogP contribution in [0.1, 0.15) is 56.6 Å². The zero-order valence-corrected chi connectivity index (χ0v) is 14.0. The smallest absolute Gasteiger partial charge is 0.220 e. The van der Waals surface area contributed by atoms with E-state index in [1.54, 1.807) is 0 Å². The normalized spacial score (nSPS) is 17.6. The third-order valence-electron chi connectivity index (χ3n) is 4.66. The zero-order chi connectivity index (χ0) is 16.8. The molecule has 0 unspecified atom stereocenters. The lowest BCUT2D eigenvalue weighted by atomic mass is 10.0. The van der Waals surface area contributed by atoms with Crippen LogP contribution in [-0.2, 0) is 24.2 Å². The number of terminal acetylenes is 1. The summed E-state index contributed by atoms with van der Waals surface area (Å²) in [4.78, 5) is 12.0. The van der Waals surface area contributed by atoms with Gasteiger partial charge in [-0.3, -0.25) is 4.79 Å². The van der Waals surface area contributed by atoms with Crippen molar-refractivity contribution in [1.82, 2.24) is 20.1 Å². The van der Waals surface area contributed by atoms with Crippen molar-refractivity contribution < 1.29 is 4.79 Å². The standard InChI is InChI=1S/C17H24N6O/c1-2-3-10-17(21-22-17)11-8-16(24)18-12-9-15-20-19-14-7-5-4-6-13-23(14)15/h1H,3-13H2,(H,18,24). The number of aryl methyl sites for hydroxylation is 1. The topological polar surface area (TPSA) is 84.5 Å². The molecule has 24 heavy (non-hydrogen) atoms. The van der Waals surface area contributed by atoms with Gasteiger partial charge in [0.1, 0.15) is 11.6 Å². The second-order valence-corrected chi connectivity index (χ2v) is 6.48. The van der Waals surface area contributed by atoms with Gasteiger partial charge in [-0.15, -0.1) is 22.5 Å². The molecule has 1 aromatic heterocycles. The Morgan fingerprint density at radius 1 is 1.25 bits per heavy atom. The molecule has 0 bridgehead atoms. The molecule has 0 aromatic carbocycles.